The van der Waals surface area contributed by atoms with E-state index in [1.54, 1.807) is 42.6 Å². The third-order valence-corrected chi connectivity index (χ3v) is 5.26. The van der Waals surface area contributed by atoms with Gasteiger partial charge in [-0.15, -0.1) is 0 Å². The zero-order valence-corrected chi connectivity index (χ0v) is 17.3. The molecule has 32 heavy (non-hydrogen) atoms. The van der Waals surface area contributed by atoms with E-state index in [2.05, 4.69) is 25.4 Å². The number of imidazole rings is 1. The predicted molar refractivity (Wildman–Crippen MR) is 116 cm³/mol. The van der Waals surface area contributed by atoms with Crippen molar-refractivity contribution < 1.29 is 13.2 Å². The highest BCUT2D eigenvalue weighted by Gasteiger charge is 2.15. The molecule has 0 aliphatic carbocycles. The number of aryl methyl sites for hydroxylation is 3. The molecule has 2 N–H and O–H groups in total. The molecule has 1 aromatic carbocycles. The van der Waals surface area contributed by atoms with Crippen molar-refractivity contribution in [2.24, 2.45) is 7.05 Å². The van der Waals surface area contributed by atoms with Crippen LogP contribution in [0.25, 0.3) is 22.3 Å². The van der Waals surface area contributed by atoms with Crippen LogP contribution >= 0.6 is 0 Å². The quantitative estimate of drug-likeness (QED) is 0.390. The van der Waals surface area contributed by atoms with Crippen LogP contribution in [0.4, 0.5) is 14.5 Å². The number of halogens is 2. The predicted octanol–water partition coefficient (Wildman–Crippen LogP) is 4.63. The van der Waals surface area contributed by atoms with Gasteiger partial charge in [-0.05, 0) is 35.9 Å². The van der Waals surface area contributed by atoms with Gasteiger partial charge in [0.25, 0.3) is 0 Å². The summed E-state index contributed by atoms with van der Waals surface area (Å²) in [5, 5.41) is 7.15. The van der Waals surface area contributed by atoms with Crippen molar-refractivity contribution in [2.45, 2.75) is 19.4 Å². The van der Waals surface area contributed by atoms with E-state index in [1.807, 2.05) is 12.1 Å². The fourth-order valence-electron chi connectivity index (χ4n) is 3.61. The Labute approximate surface area is 182 Å². The van der Waals surface area contributed by atoms with Crippen molar-refractivity contribution in [1.29, 1.82) is 0 Å². The van der Waals surface area contributed by atoms with Gasteiger partial charge in [0.05, 0.1) is 18.1 Å². The molecule has 0 spiro atoms. The van der Waals surface area contributed by atoms with Gasteiger partial charge in [-0.2, -0.15) is 5.10 Å². The number of furan rings is 1. The van der Waals surface area contributed by atoms with Crippen LogP contribution in [0.1, 0.15) is 17.1 Å². The lowest BCUT2D eigenvalue weighted by Crippen LogP contribution is -2.06. The summed E-state index contributed by atoms with van der Waals surface area (Å²) in [4.78, 5) is 12.0. The molecular weight excluding hydrogens is 414 g/mol. The maximum atomic E-state index is 14.7. The average molecular weight is 434 g/mol. The lowest BCUT2D eigenvalue weighted by Gasteiger charge is -2.10. The Bertz CT molecular complexity index is 1350. The minimum atomic E-state index is -0.620. The third kappa shape index (κ3) is 3.96. The van der Waals surface area contributed by atoms with Gasteiger partial charge in [0.2, 0.25) is 0 Å². The van der Waals surface area contributed by atoms with Gasteiger partial charge < -0.3 is 14.7 Å². The minimum absolute atomic E-state index is 0.0230. The summed E-state index contributed by atoms with van der Waals surface area (Å²) in [6.45, 7) is -0.0230. The highest BCUT2D eigenvalue weighted by molar-refractivity contribution is 5.85. The van der Waals surface area contributed by atoms with E-state index >= 15 is 0 Å². The average Bonchev–Trinajstić information content (AvgIpc) is 3.52. The molecule has 0 saturated carbocycles. The van der Waals surface area contributed by atoms with Crippen molar-refractivity contribution in [3.8, 4) is 11.1 Å². The van der Waals surface area contributed by atoms with Crippen LogP contribution in [0, 0.1) is 11.6 Å². The number of hydrogen-bond donors (Lipinski definition) is 2. The first-order valence-corrected chi connectivity index (χ1v) is 10.1. The number of aromatic amines is 1. The van der Waals surface area contributed by atoms with Gasteiger partial charge >= 0.3 is 0 Å². The van der Waals surface area contributed by atoms with E-state index < -0.39 is 11.6 Å². The Morgan fingerprint density at radius 3 is 2.69 bits per heavy atom. The number of hydrogen-bond acceptors (Lipinski definition) is 5. The maximum Gasteiger partial charge on any atom is 0.179 e. The number of anilines is 1. The fraction of sp³-hybridized carbons (Fsp3) is 0.174. The topological polar surface area (TPSA) is 84.6 Å². The lowest BCUT2D eigenvalue weighted by atomic mass is 10.1. The minimum Gasteiger partial charge on any atom is -0.469 e. The number of nitrogens with zero attached hydrogens (tertiary/aromatic N) is 4. The van der Waals surface area contributed by atoms with Crippen molar-refractivity contribution in [1.82, 2.24) is 24.7 Å². The number of fused-ring (bicyclic) bond motifs is 1. The Kier molecular flexibility index (Phi) is 5.14. The zero-order chi connectivity index (χ0) is 22.1. The molecule has 0 fully saturated rings. The van der Waals surface area contributed by atoms with Crippen molar-refractivity contribution in [3.05, 3.63) is 84.0 Å². The van der Waals surface area contributed by atoms with Crippen molar-refractivity contribution >= 4 is 16.9 Å². The van der Waals surface area contributed by atoms with Crippen molar-refractivity contribution in [2.75, 3.05) is 5.32 Å². The molecule has 4 aromatic heterocycles. The van der Waals surface area contributed by atoms with Gasteiger partial charge in [0.15, 0.2) is 5.65 Å². The molecule has 0 radical (unpaired) electrons. The largest absolute Gasteiger partial charge is 0.469 e. The summed E-state index contributed by atoms with van der Waals surface area (Å²) >= 11 is 0. The molecule has 4 heterocycles. The Morgan fingerprint density at radius 1 is 1.12 bits per heavy atom. The van der Waals surface area contributed by atoms with Gasteiger partial charge in [-0.1, -0.05) is 0 Å². The summed E-state index contributed by atoms with van der Waals surface area (Å²) in [7, 11) is 1.75. The number of aromatic nitrogens is 5. The lowest BCUT2D eigenvalue weighted by molar-refractivity contribution is 0.507. The molecule has 0 saturated heterocycles. The van der Waals surface area contributed by atoms with Gasteiger partial charge in [0, 0.05) is 50.0 Å². The zero-order valence-electron chi connectivity index (χ0n) is 17.3. The molecular formula is C23H20F2N6O. The highest BCUT2D eigenvalue weighted by Crippen LogP contribution is 2.26. The molecule has 0 aliphatic rings. The number of nitrogens with one attached hydrogen (secondary N) is 2. The standard InChI is InChI=1S/C23H20F2N6O/c1-31-13-15(11-28-31)14-9-18(24)17(19(25)10-14)12-27-20-6-7-26-23-22(20)29-21(30-23)5-4-16-3-2-8-32-16/h2-3,6-11,13H,4-5,12H2,1H3,(H2,26,27,29,30). The summed E-state index contributed by atoms with van der Waals surface area (Å²) in [6, 6.07) is 8.15. The van der Waals surface area contributed by atoms with E-state index in [9.17, 15) is 8.78 Å². The first-order valence-electron chi connectivity index (χ1n) is 10.1. The van der Waals surface area contributed by atoms with Crippen LogP contribution in [0.15, 0.2) is 59.6 Å². The van der Waals surface area contributed by atoms with E-state index in [0.717, 1.165) is 11.6 Å². The smallest absolute Gasteiger partial charge is 0.179 e. The molecule has 5 aromatic rings. The second kappa shape index (κ2) is 8.26. The number of pyridine rings is 1. The summed E-state index contributed by atoms with van der Waals surface area (Å²) in [6.07, 6.45) is 7.89. The van der Waals surface area contributed by atoms with Crippen LogP contribution in [0.3, 0.4) is 0 Å². The number of H-pyrrole nitrogens is 1. The van der Waals surface area contributed by atoms with E-state index in [4.69, 9.17) is 4.42 Å². The molecule has 0 amide bonds. The van der Waals surface area contributed by atoms with Gasteiger partial charge in [-0.3, -0.25) is 4.68 Å². The molecule has 0 bridgehead atoms. The summed E-state index contributed by atoms with van der Waals surface area (Å²) in [5.41, 5.74) is 2.95. The van der Waals surface area contributed by atoms with Gasteiger partial charge in [0.1, 0.15) is 28.7 Å². The first kappa shape index (κ1) is 19.9. The van der Waals surface area contributed by atoms with Crippen LogP contribution in [0.5, 0.6) is 0 Å². The summed E-state index contributed by atoms with van der Waals surface area (Å²) < 4.78 is 36.4. The van der Waals surface area contributed by atoms with Crippen LogP contribution in [-0.4, -0.2) is 24.7 Å². The first-order chi connectivity index (χ1) is 15.6. The monoisotopic (exact) mass is 434 g/mol. The molecule has 0 unspecified atom stereocenters. The molecule has 0 atom stereocenters. The van der Waals surface area contributed by atoms with Crippen LogP contribution in [-0.2, 0) is 26.4 Å². The molecule has 162 valence electrons. The van der Waals surface area contributed by atoms with E-state index in [-0.39, 0.29) is 12.1 Å². The Hall–Kier alpha value is -4.01. The fourth-order valence-corrected chi connectivity index (χ4v) is 3.61. The Balaban J connectivity index is 1.34. The number of rotatable bonds is 7. The SMILES string of the molecule is Cn1cc(-c2cc(F)c(CNc3ccnc4nc(CCc5ccco5)[nH]c34)c(F)c2)cn1. The van der Waals surface area contributed by atoms with Gasteiger partial charge in [-0.25, -0.2) is 18.7 Å². The maximum absolute atomic E-state index is 14.7. The molecule has 9 heteroatoms. The second-order valence-corrected chi connectivity index (χ2v) is 7.49. The normalized spacial score (nSPS) is 11.3. The van der Waals surface area contributed by atoms with E-state index in [1.165, 1.54) is 12.1 Å². The third-order valence-electron chi connectivity index (χ3n) is 5.26. The molecule has 7 nitrogen and oxygen atoms in total. The van der Waals surface area contributed by atoms with Crippen LogP contribution < -0.4 is 5.32 Å². The van der Waals surface area contributed by atoms with Crippen LogP contribution in [0.2, 0.25) is 0 Å². The second-order valence-electron chi connectivity index (χ2n) is 7.49. The summed E-state index contributed by atoms with van der Waals surface area (Å²) in [5.74, 6) is 0.393. The molecule has 5 rings (SSSR count). The Morgan fingerprint density at radius 2 is 1.97 bits per heavy atom. The highest BCUT2D eigenvalue weighted by atomic mass is 19.1. The van der Waals surface area contributed by atoms with Crippen molar-refractivity contribution in [3.63, 3.8) is 0 Å². The number of benzene rings is 1. The van der Waals surface area contributed by atoms with E-state index in [0.29, 0.717) is 40.8 Å². The molecule has 0 aliphatic heterocycles.